The van der Waals surface area contributed by atoms with Crippen LogP contribution in [0.4, 0.5) is 5.69 Å². The van der Waals surface area contributed by atoms with Crippen molar-refractivity contribution in [2.24, 2.45) is 5.92 Å². The van der Waals surface area contributed by atoms with E-state index in [0.717, 1.165) is 30.6 Å². The van der Waals surface area contributed by atoms with Gasteiger partial charge in [0, 0.05) is 19.1 Å². The normalized spacial score (nSPS) is 25.4. The van der Waals surface area contributed by atoms with Gasteiger partial charge in [-0.3, -0.25) is 0 Å². The van der Waals surface area contributed by atoms with Crippen molar-refractivity contribution in [3.8, 4) is 0 Å². The monoisotopic (exact) mass is 292 g/mol. The van der Waals surface area contributed by atoms with E-state index >= 15 is 0 Å². The molecule has 1 heterocycles. The van der Waals surface area contributed by atoms with Gasteiger partial charge in [-0.25, -0.2) is 0 Å². The van der Waals surface area contributed by atoms with Gasteiger partial charge >= 0.3 is 0 Å². The van der Waals surface area contributed by atoms with Crippen LogP contribution >= 0.6 is 11.6 Å². The molecule has 110 valence electrons. The molecule has 1 aromatic rings. The average Bonchev–Trinajstić information content (AvgIpc) is 2.75. The molecule has 1 aliphatic heterocycles. The Bertz CT molecular complexity index is 429. The average molecular weight is 293 g/mol. The number of halogens is 1. The van der Waals surface area contributed by atoms with E-state index in [1.54, 1.807) is 0 Å². The Morgan fingerprint density at radius 1 is 1.05 bits per heavy atom. The van der Waals surface area contributed by atoms with Gasteiger partial charge < -0.3 is 10.2 Å². The van der Waals surface area contributed by atoms with Crippen LogP contribution in [0.15, 0.2) is 24.3 Å². The highest BCUT2D eigenvalue weighted by Gasteiger charge is 2.27. The van der Waals surface area contributed by atoms with E-state index in [4.69, 9.17) is 11.6 Å². The second-order valence-electron chi connectivity index (χ2n) is 6.21. The number of nitrogens with zero attached hydrogens (tertiary/aromatic N) is 1. The topological polar surface area (TPSA) is 15.3 Å². The van der Waals surface area contributed by atoms with Crippen LogP contribution in [-0.4, -0.2) is 25.7 Å². The van der Waals surface area contributed by atoms with Gasteiger partial charge in [0.1, 0.15) is 0 Å². The van der Waals surface area contributed by atoms with Gasteiger partial charge in [-0.15, -0.1) is 0 Å². The molecular weight excluding hydrogens is 268 g/mol. The summed E-state index contributed by atoms with van der Waals surface area (Å²) in [7, 11) is 0. The lowest BCUT2D eigenvalue weighted by atomic mass is 9.83. The molecule has 2 fully saturated rings. The fourth-order valence-electron chi connectivity index (χ4n) is 3.73. The Labute approximate surface area is 127 Å². The van der Waals surface area contributed by atoms with Crippen molar-refractivity contribution in [2.45, 2.75) is 44.6 Å². The second-order valence-corrected chi connectivity index (χ2v) is 6.62. The van der Waals surface area contributed by atoms with Crippen molar-refractivity contribution in [1.82, 2.24) is 5.32 Å². The molecule has 0 bridgehead atoms. The van der Waals surface area contributed by atoms with Crippen LogP contribution in [-0.2, 0) is 0 Å². The molecule has 0 radical (unpaired) electrons. The van der Waals surface area contributed by atoms with Crippen LogP contribution in [0, 0.1) is 5.92 Å². The van der Waals surface area contributed by atoms with E-state index in [2.05, 4.69) is 22.3 Å². The minimum Gasteiger partial charge on any atom is -0.369 e. The fourth-order valence-corrected chi connectivity index (χ4v) is 3.99. The smallest absolute Gasteiger partial charge is 0.0639 e. The maximum Gasteiger partial charge on any atom is 0.0639 e. The van der Waals surface area contributed by atoms with Gasteiger partial charge in [0.25, 0.3) is 0 Å². The van der Waals surface area contributed by atoms with Gasteiger partial charge in [0.2, 0.25) is 0 Å². The van der Waals surface area contributed by atoms with E-state index in [9.17, 15) is 0 Å². The van der Waals surface area contributed by atoms with Gasteiger partial charge in [-0.2, -0.15) is 0 Å². The number of para-hydroxylation sites is 1. The van der Waals surface area contributed by atoms with Crippen LogP contribution in [0.5, 0.6) is 0 Å². The Kier molecular flexibility index (Phi) is 4.85. The van der Waals surface area contributed by atoms with Crippen LogP contribution in [0.3, 0.4) is 0 Å². The summed E-state index contributed by atoms with van der Waals surface area (Å²) < 4.78 is 0. The van der Waals surface area contributed by atoms with Crippen LogP contribution in [0.1, 0.15) is 38.5 Å². The van der Waals surface area contributed by atoms with E-state index in [-0.39, 0.29) is 0 Å². The molecule has 1 aliphatic carbocycles. The molecule has 1 saturated carbocycles. The maximum absolute atomic E-state index is 6.38. The molecular formula is C17H25ClN2. The Balaban J connectivity index is 1.73. The molecule has 1 aromatic carbocycles. The minimum atomic E-state index is 0.633. The van der Waals surface area contributed by atoms with E-state index in [0.29, 0.717) is 6.04 Å². The molecule has 2 nitrogen and oxygen atoms in total. The third-order valence-electron chi connectivity index (χ3n) is 4.84. The number of nitrogens with one attached hydrogen (secondary N) is 1. The van der Waals surface area contributed by atoms with E-state index < -0.39 is 0 Å². The summed E-state index contributed by atoms with van der Waals surface area (Å²) in [5.74, 6) is 0.854. The highest BCUT2D eigenvalue weighted by molar-refractivity contribution is 6.33. The summed E-state index contributed by atoms with van der Waals surface area (Å²) >= 11 is 6.38. The molecule has 20 heavy (non-hydrogen) atoms. The van der Waals surface area contributed by atoms with Crippen molar-refractivity contribution < 1.29 is 0 Å². The number of benzene rings is 1. The third-order valence-corrected chi connectivity index (χ3v) is 5.16. The molecule has 1 N–H and O–H groups in total. The zero-order valence-electron chi connectivity index (χ0n) is 12.2. The summed E-state index contributed by atoms with van der Waals surface area (Å²) in [6.45, 7) is 3.36. The maximum atomic E-state index is 6.38. The standard InChI is InChI=1S/C17H25ClN2/c18-15-9-4-5-10-17(15)20-12-6-11-19-16(13-20)14-7-2-1-3-8-14/h4-5,9-10,14,16,19H,1-3,6-8,11-13H2. The third kappa shape index (κ3) is 3.29. The summed E-state index contributed by atoms with van der Waals surface area (Å²) in [6, 6.07) is 8.90. The molecule has 3 rings (SSSR count). The summed E-state index contributed by atoms with van der Waals surface area (Å²) in [5.41, 5.74) is 1.21. The highest BCUT2D eigenvalue weighted by atomic mass is 35.5. The van der Waals surface area contributed by atoms with Gasteiger partial charge in [0.05, 0.1) is 10.7 Å². The fraction of sp³-hybridized carbons (Fsp3) is 0.647. The van der Waals surface area contributed by atoms with Crippen molar-refractivity contribution in [2.75, 3.05) is 24.5 Å². The minimum absolute atomic E-state index is 0.633. The zero-order chi connectivity index (χ0) is 13.8. The summed E-state index contributed by atoms with van der Waals surface area (Å²) in [4.78, 5) is 2.49. The molecule has 0 spiro atoms. The van der Waals surface area contributed by atoms with Gasteiger partial charge in [-0.05, 0) is 43.9 Å². The van der Waals surface area contributed by atoms with Crippen molar-refractivity contribution in [3.05, 3.63) is 29.3 Å². The number of hydrogen-bond acceptors (Lipinski definition) is 2. The number of anilines is 1. The zero-order valence-corrected chi connectivity index (χ0v) is 12.9. The van der Waals surface area contributed by atoms with E-state index in [1.807, 2.05) is 12.1 Å². The van der Waals surface area contributed by atoms with Crippen LogP contribution in [0.25, 0.3) is 0 Å². The first kappa shape index (κ1) is 14.2. The van der Waals surface area contributed by atoms with Crippen molar-refractivity contribution in [1.29, 1.82) is 0 Å². The quantitative estimate of drug-likeness (QED) is 0.883. The van der Waals surface area contributed by atoms with Crippen molar-refractivity contribution in [3.63, 3.8) is 0 Å². The first-order valence-corrected chi connectivity index (χ1v) is 8.45. The summed E-state index contributed by atoms with van der Waals surface area (Å²) in [5, 5.41) is 4.67. The second kappa shape index (κ2) is 6.82. The number of hydrogen-bond donors (Lipinski definition) is 1. The first-order valence-electron chi connectivity index (χ1n) is 8.07. The van der Waals surface area contributed by atoms with Gasteiger partial charge in [-0.1, -0.05) is 43.0 Å². The lowest BCUT2D eigenvalue weighted by Crippen LogP contribution is -2.43. The predicted octanol–water partition coefficient (Wildman–Crippen LogP) is 4.09. The number of rotatable bonds is 2. The lowest BCUT2D eigenvalue weighted by molar-refractivity contribution is 0.277. The Morgan fingerprint density at radius 3 is 2.65 bits per heavy atom. The Morgan fingerprint density at radius 2 is 1.85 bits per heavy atom. The summed E-state index contributed by atoms with van der Waals surface area (Å²) in [6.07, 6.45) is 8.25. The predicted molar refractivity (Wildman–Crippen MR) is 86.6 cm³/mol. The van der Waals surface area contributed by atoms with Gasteiger partial charge in [0.15, 0.2) is 0 Å². The van der Waals surface area contributed by atoms with Crippen LogP contribution in [0.2, 0.25) is 5.02 Å². The molecule has 0 amide bonds. The largest absolute Gasteiger partial charge is 0.369 e. The first-order chi connectivity index (χ1) is 9.84. The molecule has 1 atom stereocenters. The molecule has 1 saturated heterocycles. The molecule has 2 aliphatic rings. The lowest BCUT2D eigenvalue weighted by Gasteiger charge is -2.34. The molecule has 3 heteroatoms. The van der Waals surface area contributed by atoms with Crippen molar-refractivity contribution >= 4 is 17.3 Å². The molecule has 0 aromatic heterocycles. The highest BCUT2D eigenvalue weighted by Crippen LogP contribution is 2.30. The Hall–Kier alpha value is -0.730. The van der Waals surface area contributed by atoms with E-state index in [1.165, 1.54) is 44.2 Å². The van der Waals surface area contributed by atoms with Crippen LogP contribution < -0.4 is 10.2 Å². The SMILES string of the molecule is Clc1ccccc1N1CCCNC(C2CCCCC2)C1. The molecule has 1 unspecified atom stereocenters.